The van der Waals surface area contributed by atoms with E-state index >= 15 is 0 Å². The number of aliphatic hydroxyl groups excluding tert-OH is 1. The maximum Gasteiger partial charge on any atom is 0.138 e. The Bertz CT molecular complexity index is 555. The van der Waals surface area contributed by atoms with E-state index in [0.717, 1.165) is 11.1 Å². The molecule has 106 valence electrons. The van der Waals surface area contributed by atoms with E-state index in [-0.39, 0.29) is 18.8 Å². The third-order valence-electron chi connectivity index (χ3n) is 3.07. The van der Waals surface area contributed by atoms with Gasteiger partial charge in [0.2, 0.25) is 0 Å². The molecule has 2 unspecified atom stereocenters. The van der Waals surface area contributed by atoms with Gasteiger partial charge < -0.3 is 15.6 Å². The second-order valence-corrected chi connectivity index (χ2v) is 5.15. The molecule has 0 bridgehead atoms. The predicted molar refractivity (Wildman–Crippen MR) is 80.8 cm³/mol. The molecule has 0 radical (unpaired) electrons. The van der Waals surface area contributed by atoms with E-state index in [1.54, 1.807) is 0 Å². The van der Waals surface area contributed by atoms with Crippen LogP contribution >= 0.6 is 11.6 Å². The normalized spacial score (nSPS) is 13.8. The zero-order valence-electron chi connectivity index (χ0n) is 11.3. The molecule has 2 aromatic rings. The molecule has 0 saturated carbocycles. The van der Waals surface area contributed by atoms with Gasteiger partial charge in [0.15, 0.2) is 0 Å². The number of halogens is 1. The van der Waals surface area contributed by atoms with Crippen LogP contribution in [-0.4, -0.2) is 11.1 Å². The highest BCUT2D eigenvalue weighted by molar-refractivity contribution is 6.30. The number of ether oxygens (including phenoxy) is 1. The SMILES string of the molecule is CC(N)C(Oc1ccccc1CO)c1ccc(Cl)cc1. The van der Waals surface area contributed by atoms with Gasteiger partial charge in [-0.1, -0.05) is 41.9 Å². The van der Waals surface area contributed by atoms with Gasteiger partial charge >= 0.3 is 0 Å². The molecule has 3 N–H and O–H groups in total. The predicted octanol–water partition coefficient (Wildman–Crippen LogP) is 3.30. The van der Waals surface area contributed by atoms with Crippen LogP contribution < -0.4 is 10.5 Å². The van der Waals surface area contributed by atoms with E-state index in [4.69, 9.17) is 22.1 Å². The lowest BCUT2D eigenvalue weighted by Gasteiger charge is -2.24. The topological polar surface area (TPSA) is 55.5 Å². The van der Waals surface area contributed by atoms with Crippen molar-refractivity contribution in [3.05, 3.63) is 64.7 Å². The minimum Gasteiger partial charge on any atom is -0.484 e. The summed E-state index contributed by atoms with van der Waals surface area (Å²) >= 11 is 5.90. The maximum absolute atomic E-state index is 9.35. The molecule has 0 amide bonds. The average molecular weight is 292 g/mol. The van der Waals surface area contributed by atoms with Crippen LogP contribution in [0.3, 0.4) is 0 Å². The summed E-state index contributed by atoms with van der Waals surface area (Å²) in [6.07, 6.45) is -0.292. The first-order chi connectivity index (χ1) is 9.61. The molecule has 0 aromatic heterocycles. The van der Waals surface area contributed by atoms with E-state index in [0.29, 0.717) is 10.8 Å². The summed E-state index contributed by atoms with van der Waals surface area (Å²) in [7, 11) is 0. The summed E-state index contributed by atoms with van der Waals surface area (Å²) in [4.78, 5) is 0. The van der Waals surface area contributed by atoms with Gasteiger partial charge in [0, 0.05) is 16.6 Å². The fourth-order valence-electron chi connectivity index (χ4n) is 2.02. The Morgan fingerprint density at radius 2 is 1.80 bits per heavy atom. The van der Waals surface area contributed by atoms with Crippen LogP contribution in [-0.2, 0) is 6.61 Å². The van der Waals surface area contributed by atoms with Crippen molar-refractivity contribution >= 4 is 11.6 Å². The standard InChI is InChI=1S/C16H18ClNO2/c1-11(18)16(12-6-8-14(17)9-7-12)20-15-5-3-2-4-13(15)10-19/h2-9,11,16,19H,10,18H2,1H3. The lowest BCUT2D eigenvalue weighted by Crippen LogP contribution is -2.29. The van der Waals surface area contributed by atoms with E-state index in [1.807, 2.05) is 55.5 Å². The van der Waals surface area contributed by atoms with Crippen molar-refractivity contribution in [3.63, 3.8) is 0 Å². The smallest absolute Gasteiger partial charge is 0.138 e. The summed E-state index contributed by atoms with van der Waals surface area (Å²) in [5.74, 6) is 0.646. The summed E-state index contributed by atoms with van der Waals surface area (Å²) in [5, 5.41) is 10.0. The third kappa shape index (κ3) is 3.51. The number of nitrogens with two attached hydrogens (primary N) is 1. The van der Waals surface area contributed by atoms with Crippen molar-refractivity contribution < 1.29 is 9.84 Å². The molecule has 2 aromatic carbocycles. The second kappa shape index (κ2) is 6.75. The highest BCUT2D eigenvalue weighted by atomic mass is 35.5. The first kappa shape index (κ1) is 14.9. The summed E-state index contributed by atoms with van der Waals surface area (Å²) in [6.45, 7) is 1.82. The average Bonchev–Trinajstić information content (AvgIpc) is 2.46. The molecule has 0 fully saturated rings. The molecule has 0 aliphatic carbocycles. The Labute approximate surface area is 123 Å². The molecule has 0 heterocycles. The first-order valence-corrected chi connectivity index (χ1v) is 6.86. The largest absolute Gasteiger partial charge is 0.484 e. The van der Waals surface area contributed by atoms with Crippen LogP contribution in [0.5, 0.6) is 5.75 Å². The Kier molecular flexibility index (Phi) is 5.01. The molecule has 2 atom stereocenters. The van der Waals surface area contributed by atoms with Crippen LogP contribution in [0.1, 0.15) is 24.2 Å². The number of hydrogen-bond donors (Lipinski definition) is 2. The van der Waals surface area contributed by atoms with Gasteiger partial charge in [-0.3, -0.25) is 0 Å². The lowest BCUT2D eigenvalue weighted by atomic mass is 10.0. The monoisotopic (exact) mass is 291 g/mol. The summed E-state index contributed by atoms with van der Waals surface area (Å²) in [5.41, 5.74) is 7.72. The zero-order valence-corrected chi connectivity index (χ0v) is 12.0. The first-order valence-electron chi connectivity index (χ1n) is 6.48. The maximum atomic E-state index is 9.35. The number of hydrogen-bond acceptors (Lipinski definition) is 3. The number of benzene rings is 2. The molecular formula is C16H18ClNO2. The minimum absolute atomic E-state index is 0.0670. The van der Waals surface area contributed by atoms with Gasteiger partial charge in [0.25, 0.3) is 0 Å². The quantitative estimate of drug-likeness (QED) is 0.889. The van der Waals surface area contributed by atoms with E-state index in [1.165, 1.54) is 0 Å². The van der Waals surface area contributed by atoms with Gasteiger partial charge in [-0.15, -0.1) is 0 Å². The Morgan fingerprint density at radius 1 is 1.15 bits per heavy atom. The summed E-state index contributed by atoms with van der Waals surface area (Å²) < 4.78 is 6.00. The van der Waals surface area contributed by atoms with Crippen molar-refractivity contribution in [1.29, 1.82) is 0 Å². The van der Waals surface area contributed by atoms with Crippen LogP contribution in [0.4, 0.5) is 0 Å². The molecular weight excluding hydrogens is 274 g/mol. The fraction of sp³-hybridized carbons (Fsp3) is 0.250. The van der Waals surface area contributed by atoms with Gasteiger partial charge in [-0.25, -0.2) is 0 Å². The van der Waals surface area contributed by atoms with Crippen molar-refractivity contribution in [2.45, 2.75) is 25.7 Å². The number of para-hydroxylation sites is 1. The molecule has 3 nitrogen and oxygen atoms in total. The van der Waals surface area contributed by atoms with E-state index in [9.17, 15) is 5.11 Å². The van der Waals surface area contributed by atoms with Crippen LogP contribution in [0.25, 0.3) is 0 Å². The molecule has 0 spiro atoms. The Balaban J connectivity index is 2.28. The minimum atomic E-state index is -0.292. The fourth-order valence-corrected chi connectivity index (χ4v) is 2.14. The van der Waals surface area contributed by atoms with Crippen molar-refractivity contribution in [2.24, 2.45) is 5.73 Å². The van der Waals surface area contributed by atoms with Gasteiger partial charge in [-0.2, -0.15) is 0 Å². The molecule has 2 rings (SSSR count). The number of aliphatic hydroxyl groups is 1. The Morgan fingerprint density at radius 3 is 2.40 bits per heavy atom. The third-order valence-corrected chi connectivity index (χ3v) is 3.32. The number of rotatable bonds is 5. The molecule has 20 heavy (non-hydrogen) atoms. The second-order valence-electron chi connectivity index (χ2n) is 4.71. The van der Waals surface area contributed by atoms with Crippen molar-refractivity contribution in [2.75, 3.05) is 0 Å². The van der Waals surface area contributed by atoms with E-state index in [2.05, 4.69) is 0 Å². The molecule has 0 aliphatic heterocycles. The van der Waals surface area contributed by atoms with Crippen LogP contribution in [0, 0.1) is 0 Å². The van der Waals surface area contributed by atoms with Crippen LogP contribution in [0.2, 0.25) is 5.02 Å². The molecule has 4 heteroatoms. The highest BCUT2D eigenvalue weighted by Crippen LogP contribution is 2.27. The Hall–Kier alpha value is -1.55. The van der Waals surface area contributed by atoms with Gasteiger partial charge in [-0.05, 0) is 30.7 Å². The van der Waals surface area contributed by atoms with Gasteiger partial charge in [0.1, 0.15) is 11.9 Å². The lowest BCUT2D eigenvalue weighted by molar-refractivity contribution is 0.173. The zero-order chi connectivity index (χ0) is 14.5. The summed E-state index contributed by atoms with van der Waals surface area (Å²) in [6, 6.07) is 14.6. The van der Waals surface area contributed by atoms with E-state index < -0.39 is 0 Å². The molecule has 0 aliphatic rings. The highest BCUT2D eigenvalue weighted by Gasteiger charge is 2.19. The van der Waals surface area contributed by atoms with Crippen molar-refractivity contribution in [1.82, 2.24) is 0 Å². The van der Waals surface area contributed by atoms with Gasteiger partial charge in [0.05, 0.1) is 6.61 Å². The van der Waals surface area contributed by atoms with Crippen LogP contribution in [0.15, 0.2) is 48.5 Å². The molecule has 0 saturated heterocycles. The van der Waals surface area contributed by atoms with Crippen molar-refractivity contribution in [3.8, 4) is 5.75 Å².